The zero-order valence-corrected chi connectivity index (χ0v) is 11.3. The largest absolute Gasteiger partial charge is 0.481 e. The second-order valence-corrected chi connectivity index (χ2v) is 5.82. The van der Waals surface area contributed by atoms with E-state index in [1.807, 2.05) is 0 Å². The quantitative estimate of drug-likeness (QED) is 0.608. The highest BCUT2D eigenvalue weighted by atomic mass is 31.2. The topological polar surface area (TPSA) is 134 Å². The van der Waals surface area contributed by atoms with Crippen LogP contribution in [0.3, 0.4) is 0 Å². The maximum absolute atomic E-state index is 11.8. The minimum atomic E-state index is -4.19. The van der Waals surface area contributed by atoms with E-state index in [4.69, 9.17) is 10.2 Å². The van der Waals surface area contributed by atoms with Gasteiger partial charge in [0.15, 0.2) is 6.10 Å². The molecular formula is C11H14NO7P. The summed E-state index contributed by atoms with van der Waals surface area (Å²) >= 11 is 0. The molecule has 0 bridgehead atoms. The fourth-order valence-electron chi connectivity index (χ4n) is 1.43. The van der Waals surface area contributed by atoms with Gasteiger partial charge in [-0.05, 0) is 24.1 Å². The Bertz CT molecular complexity index is 519. The lowest BCUT2D eigenvalue weighted by atomic mass is 10.2. The van der Waals surface area contributed by atoms with Gasteiger partial charge in [-0.25, -0.2) is 4.79 Å². The van der Waals surface area contributed by atoms with Crippen LogP contribution in [0.15, 0.2) is 24.5 Å². The van der Waals surface area contributed by atoms with E-state index in [2.05, 4.69) is 9.51 Å². The number of rotatable bonds is 8. The van der Waals surface area contributed by atoms with Gasteiger partial charge in [-0.3, -0.25) is 18.9 Å². The Kier molecular flexibility index (Phi) is 5.82. The number of carboxylic acids is 2. The minimum Gasteiger partial charge on any atom is -0.481 e. The Morgan fingerprint density at radius 2 is 1.90 bits per heavy atom. The molecule has 0 spiro atoms. The van der Waals surface area contributed by atoms with Crippen molar-refractivity contribution in [2.45, 2.75) is 25.1 Å². The van der Waals surface area contributed by atoms with Crippen molar-refractivity contribution >= 4 is 19.5 Å². The Morgan fingerprint density at radius 1 is 1.30 bits per heavy atom. The van der Waals surface area contributed by atoms with Gasteiger partial charge in [0.25, 0.3) is 0 Å². The highest BCUT2D eigenvalue weighted by Crippen LogP contribution is 2.47. The monoisotopic (exact) mass is 303 g/mol. The Morgan fingerprint density at radius 3 is 2.40 bits per heavy atom. The number of carbonyl (C=O) groups is 2. The summed E-state index contributed by atoms with van der Waals surface area (Å²) in [4.78, 5) is 34.7. The number of nitrogens with zero attached hydrogens (tertiary/aromatic N) is 1. The maximum atomic E-state index is 11.8. The van der Waals surface area contributed by atoms with Gasteiger partial charge in [-0.1, -0.05) is 0 Å². The molecule has 0 aliphatic carbocycles. The summed E-state index contributed by atoms with van der Waals surface area (Å²) in [6.45, 7) is 0. The fourth-order valence-corrected chi connectivity index (χ4v) is 2.77. The van der Waals surface area contributed by atoms with Crippen LogP contribution in [-0.4, -0.2) is 38.1 Å². The van der Waals surface area contributed by atoms with Crippen molar-refractivity contribution in [2.75, 3.05) is 0 Å². The molecule has 2 unspecified atom stereocenters. The SMILES string of the molecule is O=C(O)CCC(OP(=O)(O)Cc1ccncc1)C(=O)O. The number of aromatic nitrogens is 1. The van der Waals surface area contributed by atoms with E-state index in [-0.39, 0.29) is 12.6 Å². The Balaban J connectivity index is 2.68. The van der Waals surface area contributed by atoms with Crippen LogP contribution < -0.4 is 0 Å². The van der Waals surface area contributed by atoms with E-state index >= 15 is 0 Å². The van der Waals surface area contributed by atoms with E-state index in [9.17, 15) is 19.0 Å². The molecule has 20 heavy (non-hydrogen) atoms. The molecule has 1 rings (SSSR count). The molecular weight excluding hydrogens is 289 g/mol. The number of hydrogen-bond donors (Lipinski definition) is 3. The number of hydrogen-bond acceptors (Lipinski definition) is 5. The maximum Gasteiger partial charge on any atom is 0.333 e. The molecule has 2 atom stereocenters. The van der Waals surface area contributed by atoms with Gasteiger partial charge in [0.05, 0.1) is 6.16 Å². The van der Waals surface area contributed by atoms with Crippen molar-refractivity contribution in [1.29, 1.82) is 0 Å². The number of carboxylic acid groups (broad SMARTS) is 2. The van der Waals surface area contributed by atoms with E-state index < -0.39 is 32.1 Å². The van der Waals surface area contributed by atoms with Crippen LogP contribution >= 0.6 is 7.60 Å². The molecule has 0 aromatic carbocycles. The summed E-state index contributed by atoms with van der Waals surface area (Å²) < 4.78 is 16.5. The van der Waals surface area contributed by atoms with Crippen LogP contribution in [0.1, 0.15) is 18.4 Å². The van der Waals surface area contributed by atoms with Gasteiger partial charge >= 0.3 is 19.5 Å². The van der Waals surface area contributed by atoms with Crippen molar-refractivity contribution in [1.82, 2.24) is 4.98 Å². The van der Waals surface area contributed by atoms with Gasteiger partial charge in [-0.15, -0.1) is 0 Å². The summed E-state index contributed by atoms with van der Waals surface area (Å²) in [6, 6.07) is 3.00. The first-order chi connectivity index (χ1) is 9.30. The molecule has 3 N–H and O–H groups in total. The molecule has 0 aliphatic rings. The van der Waals surface area contributed by atoms with Crippen molar-refractivity contribution in [3.8, 4) is 0 Å². The molecule has 1 aromatic heterocycles. The van der Waals surface area contributed by atoms with Crippen LogP contribution in [0.4, 0.5) is 0 Å². The first kappa shape index (κ1) is 16.3. The lowest BCUT2D eigenvalue weighted by Crippen LogP contribution is -2.24. The summed E-state index contributed by atoms with van der Waals surface area (Å²) in [5.74, 6) is -2.68. The Hall–Kier alpha value is -1.76. The molecule has 8 nitrogen and oxygen atoms in total. The molecule has 1 heterocycles. The van der Waals surface area contributed by atoms with Gasteiger partial charge in [-0.2, -0.15) is 0 Å². The average Bonchev–Trinajstić information content (AvgIpc) is 2.34. The lowest BCUT2D eigenvalue weighted by molar-refractivity contribution is -0.146. The average molecular weight is 303 g/mol. The van der Waals surface area contributed by atoms with Crippen LogP contribution in [0.5, 0.6) is 0 Å². The normalized spacial score (nSPS) is 15.2. The predicted molar refractivity (Wildman–Crippen MR) is 67.1 cm³/mol. The van der Waals surface area contributed by atoms with Gasteiger partial charge in [0.2, 0.25) is 0 Å². The summed E-state index contributed by atoms with van der Waals surface area (Å²) in [5.41, 5.74) is 0.466. The summed E-state index contributed by atoms with van der Waals surface area (Å²) in [6.07, 6.45) is -0.00342. The molecule has 0 amide bonds. The molecule has 9 heteroatoms. The summed E-state index contributed by atoms with van der Waals surface area (Å²) in [7, 11) is -4.19. The standard InChI is InChI=1S/C11H14NO7P/c13-10(14)2-1-9(11(15)16)19-20(17,18)7-8-3-5-12-6-4-8/h3-6,9H,1-2,7H2,(H,13,14)(H,15,16)(H,17,18). The molecule has 0 saturated heterocycles. The summed E-state index contributed by atoms with van der Waals surface area (Å²) in [5, 5.41) is 17.3. The molecule has 0 fully saturated rings. The zero-order valence-electron chi connectivity index (χ0n) is 10.4. The van der Waals surface area contributed by atoms with E-state index in [1.165, 1.54) is 24.5 Å². The van der Waals surface area contributed by atoms with Crippen LogP contribution in [0.2, 0.25) is 0 Å². The van der Waals surface area contributed by atoms with Crippen molar-refractivity contribution < 1.29 is 33.8 Å². The molecule has 0 radical (unpaired) electrons. The van der Waals surface area contributed by atoms with Crippen LogP contribution in [-0.2, 0) is 24.8 Å². The molecule has 1 aromatic rings. The molecule has 0 saturated carbocycles. The number of aliphatic carboxylic acids is 2. The third-order valence-corrected chi connectivity index (χ3v) is 3.67. The predicted octanol–water partition coefficient (Wildman–Crippen LogP) is 1.10. The smallest absolute Gasteiger partial charge is 0.333 e. The second kappa shape index (κ2) is 7.14. The third kappa shape index (κ3) is 5.92. The highest BCUT2D eigenvalue weighted by molar-refractivity contribution is 7.52. The second-order valence-electron chi connectivity index (χ2n) is 4.02. The van der Waals surface area contributed by atoms with Crippen molar-refractivity contribution in [3.63, 3.8) is 0 Å². The lowest BCUT2D eigenvalue weighted by Gasteiger charge is -2.17. The van der Waals surface area contributed by atoms with Gasteiger partial charge in [0, 0.05) is 18.8 Å². The van der Waals surface area contributed by atoms with E-state index in [1.54, 1.807) is 0 Å². The van der Waals surface area contributed by atoms with Crippen molar-refractivity contribution in [3.05, 3.63) is 30.1 Å². The van der Waals surface area contributed by atoms with E-state index in [0.29, 0.717) is 5.56 Å². The first-order valence-electron chi connectivity index (χ1n) is 5.64. The van der Waals surface area contributed by atoms with Crippen LogP contribution in [0, 0.1) is 0 Å². The van der Waals surface area contributed by atoms with Crippen molar-refractivity contribution in [2.24, 2.45) is 0 Å². The van der Waals surface area contributed by atoms with Gasteiger partial charge in [0.1, 0.15) is 0 Å². The Labute approximate surface area is 114 Å². The molecule has 0 aliphatic heterocycles. The van der Waals surface area contributed by atoms with Crippen LogP contribution in [0.25, 0.3) is 0 Å². The molecule has 110 valence electrons. The van der Waals surface area contributed by atoms with E-state index in [0.717, 1.165) is 0 Å². The fraction of sp³-hybridized carbons (Fsp3) is 0.364. The minimum absolute atomic E-state index is 0.369. The van der Waals surface area contributed by atoms with Gasteiger partial charge < -0.3 is 15.1 Å². The third-order valence-electron chi connectivity index (χ3n) is 2.32. The first-order valence-corrected chi connectivity index (χ1v) is 7.40. The zero-order chi connectivity index (χ0) is 15.2. The number of pyridine rings is 1. The highest BCUT2D eigenvalue weighted by Gasteiger charge is 2.30.